The van der Waals surface area contributed by atoms with Gasteiger partial charge in [0.2, 0.25) is 0 Å². The molecule has 0 aromatic carbocycles. The molecule has 7 nitrogen and oxygen atoms in total. The summed E-state index contributed by atoms with van der Waals surface area (Å²) in [6.45, 7) is 6.14. The van der Waals surface area contributed by atoms with Gasteiger partial charge in [0.1, 0.15) is 6.04 Å². The van der Waals surface area contributed by atoms with E-state index in [1.54, 1.807) is 17.3 Å². The van der Waals surface area contributed by atoms with Gasteiger partial charge in [-0.3, -0.25) is 19.5 Å². The molecule has 0 bridgehead atoms. The normalized spacial score (nSPS) is 24.5. The zero-order chi connectivity index (χ0) is 18.5. The number of hydrogen-bond donors (Lipinski definition) is 0. The molecular weight excluding hydrogens is 332 g/mol. The van der Waals surface area contributed by atoms with Crippen LogP contribution in [0.5, 0.6) is 0 Å². The van der Waals surface area contributed by atoms with Crippen molar-refractivity contribution in [2.45, 2.75) is 39.2 Å². The van der Waals surface area contributed by atoms with Crippen molar-refractivity contribution in [3.8, 4) is 0 Å². The van der Waals surface area contributed by atoms with E-state index < -0.39 is 0 Å². The number of hydrogen-bond acceptors (Lipinski definition) is 4. The van der Waals surface area contributed by atoms with Gasteiger partial charge in [-0.2, -0.15) is 0 Å². The number of likely N-dealkylation sites (N-methyl/N-ethyl adjacent to an activating group) is 1. The van der Waals surface area contributed by atoms with Gasteiger partial charge in [-0.05, 0) is 50.2 Å². The van der Waals surface area contributed by atoms with E-state index in [0.717, 1.165) is 24.8 Å². The van der Waals surface area contributed by atoms with Crippen molar-refractivity contribution in [3.05, 3.63) is 29.6 Å². The van der Waals surface area contributed by atoms with E-state index in [0.29, 0.717) is 31.7 Å². The third-order valence-electron chi connectivity index (χ3n) is 6.23. The maximum Gasteiger partial charge on any atom is 0.327 e. The highest BCUT2D eigenvalue weighted by Crippen LogP contribution is 2.46. The fourth-order valence-electron chi connectivity index (χ4n) is 4.60. The number of aromatic nitrogens is 1. The quantitative estimate of drug-likeness (QED) is 0.756. The van der Waals surface area contributed by atoms with Gasteiger partial charge in [0.05, 0.1) is 5.56 Å². The van der Waals surface area contributed by atoms with Crippen molar-refractivity contribution in [1.29, 1.82) is 0 Å². The first-order valence-electron chi connectivity index (χ1n) is 9.28. The van der Waals surface area contributed by atoms with Crippen LogP contribution >= 0.6 is 0 Å². The number of likely N-dealkylation sites (tertiary alicyclic amines) is 1. The average molecular weight is 356 g/mol. The molecule has 26 heavy (non-hydrogen) atoms. The molecule has 4 heterocycles. The lowest BCUT2D eigenvalue weighted by Crippen LogP contribution is -2.45. The number of fused-ring (bicyclic) bond motifs is 1. The van der Waals surface area contributed by atoms with Crippen LogP contribution < -0.4 is 0 Å². The molecule has 1 aromatic heterocycles. The van der Waals surface area contributed by atoms with Gasteiger partial charge in [-0.1, -0.05) is 0 Å². The number of pyridine rings is 1. The summed E-state index contributed by atoms with van der Waals surface area (Å²) in [6, 6.07) is 1.40. The Kier molecular flexibility index (Phi) is 3.97. The van der Waals surface area contributed by atoms with Crippen molar-refractivity contribution in [3.63, 3.8) is 0 Å². The molecule has 1 spiro atoms. The molecule has 3 fully saturated rings. The lowest BCUT2D eigenvalue weighted by molar-refractivity contribution is -0.128. The molecule has 4 amide bonds. The van der Waals surface area contributed by atoms with Crippen LogP contribution in [0, 0.1) is 12.3 Å². The van der Waals surface area contributed by atoms with E-state index >= 15 is 0 Å². The summed E-state index contributed by atoms with van der Waals surface area (Å²) in [5.74, 6) is -0.0351. The molecule has 138 valence electrons. The lowest BCUT2D eigenvalue weighted by Gasteiger charge is -2.39. The minimum atomic E-state index is -0.301. The monoisotopic (exact) mass is 356 g/mol. The second-order valence-corrected chi connectivity index (χ2v) is 7.70. The Morgan fingerprint density at radius 2 is 2.04 bits per heavy atom. The van der Waals surface area contributed by atoms with Gasteiger partial charge in [0, 0.05) is 38.6 Å². The average Bonchev–Trinajstić information content (AvgIpc) is 3.11. The first kappa shape index (κ1) is 17.0. The summed E-state index contributed by atoms with van der Waals surface area (Å²) in [7, 11) is 0. The van der Waals surface area contributed by atoms with Crippen LogP contribution in [0.1, 0.15) is 42.1 Å². The number of urea groups is 1. The highest BCUT2D eigenvalue weighted by atomic mass is 16.2. The zero-order valence-electron chi connectivity index (χ0n) is 15.3. The minimum absolute atomic E-state index is 0.0215. The molecule has 3 aliphatic heterocycles. The standard InChI is InChI=1S/C19H24N4O3/c1-3-22-17(25)15-10-19(12-23(15)18(22)26)5-8-21(9-6-19)16(24)14-11-20-7-4-13(14)2/h4,7,11,15H,3,5-6,8-10,12H2,1-2H3. The second-order valence-electron chi connectivity index (χ2n) is 7.70. The van der Waals surface area contributed by atoms with E-state index in [4.69, 9.17) is 0 Å². The Hall–Kier alpha value is -2.44. The maximum atomic E-state index is 12.8. The number of imide groups is 1. The van der Waals surface area contributed by atoms with Gasteiger partial charge in [0.15, 0.2) is 0 Å². The van der Waals surface area contributed by atoms with Crippen LogP contribution in [0.3, 0.4) is 0 Å². The highest BCUT2D eigenvalue weighted by Gasteiger charge is 2.56. The van der Waals surface area contributed by atoms with E-state index in [-0.39, 0.29) is 29.3 Å². The summed E-state index contributed by atoms with van der Waals surface area (Å²) in [4.78, 5) is 46.7. The highest BCUT2D eigenvalue weighted by molar-refractivity contribution is 6.04. The third-order valence-corrected chi connectivity index (χ3v) is 6.23. The van der Waals surface area contributed by atoms with Crippen molar-refractivity contribution >= 4 is 17.8 Å². The summed E-state index contributed by atoms with van der Waals surface area (Å²) >= 11 is 0. The van der Waals surface area contributed by atoms with Crippen LogP contribution in [0.15, 0.2) is 18.5 Å². The first-order valence-corrected chi connectivity index (χ1v) is 9.28. The van der Waals surface area contributed by atoms with E-state index in [9.17, 15) is 14.4 Å². The molecule has 4 rings (SSSR count). The van der Waals surface area contributed by atoms with Crippen LogP contribution in [-0.4, -0.2) is 69.8 Å². The van der Waals surface area contributed by atoms with Crippen LogP contribution in [0.25, 0.3) is 0 Å². The topological polar surface area (TPSA) is 73.8 Å². The largest absolute Gasteiger partial charge is 0.339 e. The van der Waals surface area contributed by atoms with Crippen molar-refractivity contribution < 1.29 is 14.4 Å². The fourth-order valence-corrected chi connectivity index (χ4v) is 4.60. The Balaban J connectivity index is 1.44. The van der Waals surface area contributed by atoms with Crippen LogP contribution in [0.4, 0.5) is 4.79 Å². The molecule has 0 N–H and O–H groups in total. The summed E-state index contributed by atoms with van der Waals surface area (Å²) < 4.78 is 0. The molecule has 0 radical (unpaired) electrons. The van der Waals surface area contributed by atoms with E-state index in [2.05, 4.69) is 4.98 Å². The Bertz CT molecular complexity index is 744. The molecule has 1 atom stereocenters. The van der Waals surface area contributed by atoms with Gasteiger partial charge in [-0.15, -0.1) is 0 Å². The van der Waals surface area contributed by atoms with Gasteiger partial charge >= 0.3 is 6.03 Å². The van der Waals surface area contributed by atoms with E-state index in [1.807, 2.05) is 24.8 Å². The third kappa shape index (κ3) is 2.48. The van der Waals surface area contributed by atoms with Crippen molar-refractivity contribution in [2.24, 2.45) is 5.41 Å². The number of piperidine rings is 1. The zero-order valence-corrected chi connectivity index (χ0v) is 15.3. The molecule has 3 saturated heterocycles. The van der Waals surface area contributed by atoms with Gasteiger partial charge in [0.25, 0.3) is 11.8 Å². The molecule has 1 aromatic rings. The summed E-state index contributed by atoms with van der Waals surface area (Å²) in [6.07, 6.45) is 5.71. The second kappa shape index (κ2) is 6.07. The molecule has 1 unspecified atom stereocenters. The summed E-state index contributed by atoms with van der Waals surface area (Å²) in [5, 5.41) is 0. The molecule has 3 aliphatic rings. The van der Waals surface area contributed by atoms with Gasteiger partial charge < -0.3 is 9.80 Å². The maximum absolute atomic E-state index is 12.8. The fraction of sp³-hybridized carbons (Fsp3) is 0.579. The number of carbonyl (C=O) groups excluding carboxylic acids is 3. The van der Waals surface area contributed by atoms with Crippen LogP contribution in [-0.2, 0) is 4.79 Å². The first-order chi connectivity index (χ1) is 12.5. The number of amides is 4. The lowest BCUT2D eigenvalue weighted by atomic mass is 9.76. The molecule has 0 aliphatic carbocycles. The molecular formula is C19H24N4O3. The number of nitrogens with zero attached hydrogens (tertiary/aromatic N) is 4. The Morgan fingerprint density at radius 3 is 2.65 bits per heavy atom. The molecule has 0 saturated carbocycles. The van der Waals surface area contributed by atoms with Crippen molar-refractivity contribution in [1.82, 2.24) is 19.7 Å². The minimum Gasteiger partial charge on any atom is -0.339 e. The molecule has 7 heteroatoms. The summed E-state index contributed by atoms with van der Waals surface area (Å²) in [5.41, 5.74) is 1.55. The van der Waals surface area contributed by atoms with Crippen LogP contribution in [0.2, 0.25) is 0 Å². The van der Waals surface area contributed by atoms with E-state index in [1.165, 1.54) is 4.90 Å². The predicted molar refractivity (Wildman–Crippen MR) is 94.4 cm³/mol. The number of aryl methyl sites for hydroxylation is 1. The Labute approximate surface area is 153 Å². The van der Waals surface area contributed by atoms with Crippen molar-refractivity contribution in [2.75, 3.05) is 26.2 Å². The number of rotatable bonds is 2. The van der Waals surface area contributed by atoms with Gasteiger partial charge in [-0.25, -0.2) is 4.79 Å². The Morgan fingerprint density at radius 1 is 1.31 bits per heavy atom. The predicted octanol–water partition coefficient (Wildman–Crippen LogP) is 1.67. The smallest absolute Gasteiger partial charge is 0.327 e. The SMILES string of the molecule is CCN1C(=O)C2CC3(CCN(C(=O)c4cnccc4C)CC3)CN2C1=O. The number of carbonyl (C=O) groups is 3.